The number of hydrogen-bond acceptors (Lipinski definition) is 4. The first-order chi connectivity index (χ1) is 12.1. The number of carbonyl (C=O) groups is 2. The van der Waals surface area contributed by atoms with Gasteiger partial charge in [-0.15, -0.1) is 0 Å². The molecule has 3 heterocycles. The molecule has 1 saturated heterocycles. The van der Waals surface area contributed by atoms with Crippen LogP contribution in [0.1, 0.15) is 28.6 Å². The molecule has 1 fully saturated rings. The molecule has 1 aromatic carbocycles. The summed E-state index contributed by atoms with van der Waals surface area (Å²) in [5, 5.41) is 10.2. The molecule has 7 heteroatoms. The second-order valence-corrected chi connectivity index (χ2v) is 6.47. The van der Waals surface area contributed by atoms with Gasteiger partial charge < -0.3 is 15.0 Å². The number of amides is 2. The summed E-state index contributed by atoms with van der Waals surface area (Å²) in [4.78, 5) is 26.7. The fourth-order valence-corrected chi connectivity index (χ4v) is 3.48. The zero-order chi connectivity index (χ0) is 17.4. The zero-order valence-electron chi connectivity index (χ0n) is 14.0. The third-order valence-electron chi connectivity index (χ3n) is 4.85. The van der Waals surface area contributed by atoms with Crippen molar-refractivity contribution < 1.29 is 14.3 Å². The molecule has 2 N–H and O–H groups in total. The molecule has 4 rings (SSSR count). The van der Waals surface area contributed by atoms with Crippen molar-refractivity contribution in [3.05, 3.63) is 52.8 Å². The molecule has 130 valence electrons. The van der Waals surface area contributed by atoms with Crippen LogP contribution in [0.2, 0.25) is 0 Å². The van der Waals surface area contributed by atoms with E-state index in [9.17, 15) is 9.59 Å². The Labute approximate surface area is 145 Å². The van der Waals surface area contributed by atoms with Gasteiger partial charge in [-0.1, -0.05) is 30.3 Å². The second-order valence-electron chi connectivity index (χ2n) is 6.47. The first kappa shape index (κ1) is 15.8. The maximum atomic E-state index is 13.1. The Hall–Kier alpha value is -2.67. The molecule has 2 aromatic rings. The predicted octanol–water partition coefficient (Wildman–Crippen LogP) is 0.859. The molecule has 2 aliphatic heterocycles. The van der Waals surface area contributed by atoms with E-state index in [1.54, 1.807) is 4.90 Å². The fraction of sp³-hybridized carbons (Fsp3) is 0.389. The molecule has 2 amide bonds. The van der Waals surface area contributed by atoms with E-state index in [0.29, 0.717) is 13.1 Å². The molecule has 0 saturated carbocycles. The smallest absolute Gasteiger partial charge is 0.254 e. The number of nitrogens with one attached hydrogen (secondary N) is 2. The minimum Gasteiger partial charge on any atom is -0.356 e. The van der Waals surface area contributed by atoms with Crippen molar-refractivity contribution in [1.82, 2.24) is 20.4 Å². The zero-order valence-corrected chi connectivity index (χ0v) is 14.0. The molecule has 0 bridgehead atoms. The van der Waals surface area contributed by atoms with Crippen molar-refractivity contribution in [2.24, 2.45) is 0 Å². The summed E-state index contributed by atoms with van der Waals surface area (Å²) >= 11 is 0. The van der Waals surface area contributed by atoms with Crippen molar-refractivity contribution >= 4 is 11.8 Å². The minimum atomic E-state index is -0.714. The van der Waals surface area contributed by atoms with Gasteiger partial charge >= 0.3 is 0 Å². The van der Waals surface area contributed by atoms with Gasteiger partial charge in [0.2, 0.25) is 5.91 Å². The van der Waals surface area contributed by atoms with Crippen molar-refractivity contribution in [3.8, 4) is 0 Å². The van der Waals surface area contributed by atoms with Gasteiger partial charge in [-0.2, -0.15) is 5.10 Å². The van der Waals surface area contributed by atoms with Gasteiger partial charge in [0.05, 0.1) is 11.7 Å². The Balaban J connectivity index is 1.58. The van der Waals surface area contributed by atoms with E-state index >= 15 is 0 Å². The lowest BCUT2D eigenvalue weighted by Gasteiger charge is -2.36. The topological polar surface area (TPSA) is 87.3 Å². The Morgan fingerprint density at radius 1 is 1.32 bits per heavy atom. The van der Waals surface area contributed by atoms with Gasteiger partial charge in [0.1, 0.15) is 6.61 Å². The number of aromatic amines is 1. The number of morpholine rings is 1. The number of H-pyrrole nitrogens is 1. The highest BCUT2D eigenvalue weighted by Crippen LogP contribution is 2.27. The second kappa shape index (κ2) is 6.33. The van der Waals surface area contributed by atoms with Gasteiger partial charge in [0, 0.05) is 30.8 Å². The largest absolute Gasteiger partial charge is 0.356 e. The number of fused-ring (bicyclic) bond motifs is 1. The summed E-state index contributed by atoms with van der Waals surface area (Å²) in [6, 6.07) is 9.00. The quantitative estimate of drug-likeness (QED) is 0.849. The van der Waals surface area contributed by atoms with Gasteiger partial charge in [-0.25, -0.2) is 0 Å². The molecule has 1 aromatic heterocycles. The van der Waals surface area contributed by atoms with Crippen LogP contribution in [0.4, 0.5) is 0 Å². The number of benzene rings is 1. The summed E-state index contributed by atoms with van der Waals surface area (Å²) in [6.07, 6.45) is 0.00869. The van der Waals surface area contributed by atoms with E-state index in [2.05, 4.69) is 15.5 Å². The minimum absolute atomic E-state index is 0.0937. The number of nitrogens with zero attached hydrogens (tertiary/aromatic N) is 2. The molecule has 0 radical (unpaired) electrons. The molecule has 0 aliphatic carbocycles. The van der Waals surface area contributed by atoms with E-state index in [0.717, 1.165) is 28.9 Å². The Morgan fingerprint density at radius 2 is 2.12 bits per heavy atom. The fourth-order valence-electron chi connectivity index (χ4n) is 3.48. The average Bonchev–Trinajstić information content (AvgIpc) is 3.02. The van der Waals surface area contributed by atoms with Crippen molar-refractivity contribution in [1.29, 1.82) is 0 Å². The van der Waals surface area contributed by atoms with E-state index < -0.39 is 12.1 Å². The predicted molar refractivity (Wildman–Crippen MR) is 89.5 cm³/mol. The molecule has 0 unspecified atom stereocenters. The van der Waals surface area contributed by atoms with Crippen LogP contribution in [0.15, 0.2) is 30.3 Å². The molecule has 2 atom stereocenters. The molecule has 0 spiro atoms. The summed E-state index contributed by atoms with van der Waals surface area (Å²) in [6.45, 7) is 2.99. The molecular formula is C18H20N4O3. The lowest BCUT2D eigenvalue weighted by atomic mass is 9.97. The van der Waals surface area contributed by atoms with Gasteiger partial charge in [0.25, 0.3) is 5.91 Å². The monoisotopic (exact) mass is 340 g/mol. The van der Waals surface area contributed by atoms with E-state index in [4.69, 9.17) is 4.74 Å². The van der Waals surface area contributed by atoms with Crippen LogP contribution >= 0.6 is 0 Å². The SMILES string of the molecule is Cc1[nH]nc2c1CN(C(=O)[C@H]1OCC(=O)N[C@@H]1c1ccccc1)CC2. The Morgan fingerprint density at radius 3 is 2.92 bits per heavy atom. The summed E-state index contributed by atoms with van der Waals surface area (Å²) in [5.41, 5.74) is 3.96. The summed E-state index contributed by atoms with van der Waals surface area (Å²) < 4.78 is 5.65. The standard InChI is InChI=1S/C18H20N4O3/c1-11-13-9-22(8-7-14(13)21-20-11)18(24)17-16(19-15(23)10-25-17)12-5-3-2-4-6-12/h2-6,16-17H,7-10H2,1H3,(H,19,23)(H,20,21)/t16-,17+/m1/s1. The van der Waals surface area contributed by atoms with Crippen LogP contribution in [-0.4, -0.2) is 46.2 Å². The van der Waals surface area contributed by atoms with Gasteiger partial charge in [0.15, 0.2) is 6.10 Å². The number of hydrogen-bond donors (Lipinski definition) is 2. The van der Waals surface area contributed by atoms with E-state index in [1.807, 2.05) is 37.3 Å². The van der Waals surface area contributed by atoms with Crippen LogP contribution in [0.3, 0.4) is 0 Å². The highest BCUT2D eigenvalue weighted by Gasteiger charge is 2.39. The Kier molecular flexibility index (Phi) is 4.01. The maximum absolute atomic E-state index is 13.1. The maximum Gasteiger partial charge on any atom is 0.254 e. The van der Waals surface area contributed by atoms with Crippen LogP contribution in [0.5, 0.6) is 0 Å². The Bertz CT molecular complexity index is 802. The highest BCUT2D eigenvalue weighted by atomic mass is 16.5. The first-order valence-electron chi connectivity index (χ1n) is 8.41. The van der Waals surface area contributed by atoms with E-state index in [1.165, 1.54) is 0 Å². The lowest BCUT2D eigenvalue weighted by Crippen LogP contribution is -2.54. The molecule has 2 aliphatic rings. The molecular weight excluding hydrogens is 320 g/mol. The van der Waals surface area contributed by atoms with Crippen LogP contribution in [-0.2, 0) is 27.3 Å². The average molecular weight is 340 g/mol. The number of aromatic nitrogens is 2. The highest BCUT2D eigenvalue weighted by molar-refractivity contribution is 5.86. The third kappa shape index (κ3) is 2.91. The number of rotatable bonds is 2. The van der Waals surface area contributed by atoms with Gasteiger partial charge in [-0.3, -0.25) is 14.7 Å². The number of carbonyl (C=O) groups excluding carboxylic acids is 2. The number of ether oxygens (including phenoxy) is 1. The number of aryl methyl sites for hydroxylation is 1. The summed E-state index contributed by atoms with van der Waals surface area (Å²) in [5.74, 6) is -0.301. The first-order valence-corrected chi connectivity index (χ1v) is 8.41. The van der Waals surface area contributed by atoms with Crippen molar-refractivity contribution in [2.45, 2.75) is 32.0 Å². The third-order valence-corrected chi connectivity index (χ3v) is 4.85. The molecule has 7 nitrogen and oxygen atoms in total. The summed E-state index contributed by atoms with van der Waals surface area (Å²) in [7, 11) is 0. The van der Waals surface area contributed by atoms with E-state index in [-0.39, 0.29) is 18.4 Å². The normalized spacial score (nSPS) is 23.1. The van der Waals surface area contributed by atoms with Crippen molar-refractivity contribution in [3.63, 3.8) is 0 Å². The molecule has 25 heavy (non-hydrogen) atoms. The van der Waals surface area contributed by atoms with Crippen LogP contribution in [0, 0.1) is 6.92 Å². The van der Waals surface area contributed by atoms with Gasteiger partial charge in [-0.05, 0) is 12.5 Å². The van der Waals surface area contributed by atoms with Crippen LogP contribution in [0.25, 0.3) is 0 Å². The van der Waals surface area contributed by atoms with Crippen LogP contribution < -0.4 is 5.32 Å². The van der Waals surface area contributed by atoms with Crippen molar-refractivity contribution in [2.75, 3.05) is 13.2 Å². The lowest BCUT2D eigenvalue weighted by molar-refractivity contribution is -0.156.